The number of anilines is 1. The molecule has 0 unspecified atom stereocenters. The summed E-state index contributed by atoms with van der Waals surface area (Å²) in [4.78, 5) is 6.59. The molecule has 1 saturated heterocycles. The van der Waals surface area contributed by atoms with Gasteiger partial charge >= 0.3 is 0 Å². The Morgan fingerprint density at radius 2 is 1.96 bits per heavy atom. The van der Waals surface area contributed by atoms with E-state index in [4.69, 9.17) is 0 Å². The zero-order valence-corrected chi connectivity index (χ0v) is 16.8. The van der Waals surface area contributed by atoms with E-state index in [-0.39, 0.29) is 11.9 Å². The molecule has 0 atom stereocenters. The second-order valence-electron chi connectivity index (χ2n) is 7.19. The molecule has 0 saturated carbocycles. The number of unbranched alkanes of at least 4 members (excludes halogenated alkanes) is 3. The van der Waals surface area contributed by atoms with Gasteiger partial charge in [-0.25, -0.2) is 9.38 Å². The highest BCUT2D eigenvalue weighted by Gasteiger charge is 2.19. The number of hydrogen-bond acceptors (Lipinski definition) is 3. The number of nitrogens with one attached hydrogen (secondary N) is 2. The molecule has 1 fully saturated rings. The molecule has 0 amide bonds. The first-order chi connectivity index (χ1) is 13.1. The fourth-order valence-corrected chi connectivity index (χ4v) is 3.28. The molecule has 152 valence electrons. The second kappa shape index (κ2) is 11.8. The van der Waals surface area contributed by atoms with E-state index in [0.717, 1.165) is 31.0 Å². The number of guanidine groups is 1. The molecule has 1 heterocycles. The quantitative estimate of drug-likeness (QED) is 0.350. The summed E-state index contributed by atoms with van der Waals surface area (Å²) < 4.78 is 14.5. The first-order valence-corrected chi connectivity index (χ1v) is 10.4. The number of aliphatic hydroxyl groups excluding tert-OH is 1. The summed E-state index contributed by atoms with van der Waals surface area (Å²) in [5.41, 5.74) is 1.48. The van der Waals surface area contributed by atoms with Crippen molar-refractivity contribution in [1.29, 1.82) is 0 Å². The molecular formula is C21H35FN4O. The Labute approximate surface area is 163 Å². The first kappa shape index (κ1) is 21.5. The smallest absolute Gasteiger partial charge is 0.191 e. The highest BCUT2D eigenvalue weighted by molar-refractivity contribution is 5.79. The van der Waals surface area contributed by atoms with Crippen LogP contribution in [0, 0.1) is 5.82 Å². The van der Waals surface area contributed by atoms with Crippen LogP contribution in [-0.2, 0) is 6.54 Å². The molecule has 1 aromatic rings. The number of aliphatic imine (C=N–C) groups is 1. The fourth-order valence-electron chi connectivity index (χ4n) is 3.28. The van der Waals surface area contributed by atoms with Gasteiger partial charge in [0.2, 0.25) is 0 Å². The third-order valence-corrected chi connectivity index (χ3v) is 4.90. The number of halogens is 1. The molecule has 0 aromatic heterocycles. The van der Waals surface area contributed by atoms with Gasteiger partial charge in [0.25, 0.3) is 0 Å². The predicted molar refractivity (Wildman–Crippen MR) is 111 cm³/mol. The van der Waals surface area contributed by atoms with Gasteiger partial charge < -0.3 is 20.6 Å². The van der Waals surface area contributed by atoms with Crippen LogP contribution in [-0.4, -0.2) is 43.3 Å². The molecule has 6 heteroatoms. The van der Waals surface area contributed by atoms with Gasteiger partial charge in [0.05, 0.1) is 18.3 Å². The second-order valence-corrected chi connectivity index (χ2v) is 7.19. The van der Waals surface area contributed by atoms with Gasteiger partial charge in [0.1, 0.15) is 5.82 Å². The fraction of sp³-hybridized carbons (Fsp3) is 0.667. The lowest BCUT2D eigenvalue weighted by Gasteiger charge is -2.31. The van der Waals surface area contributed by atoms with Gasteiger partial charge in [-0.05, 0) is 43.9 Å². The maximum Gasteiger partial charge on any atom is 0.191 e. The summed E-state index contributed by atoms with van der Waals surface area (Å²) in [5, 5.41) is 16.2. The standard InChI is InChI=1S/C21H35FN4O/c1-3-5-6-7-12-24-21(23-4-2)25-16-17-8-9-20(19(22)15-17)26-13-10-18(27)11-14-26/h8-9,15,18,27H,3-7,10-14,16H2,1-2H3,(H2,23,24,25). The van der Waals surface area contributed by atoms with Crippen LogP contribution in [0.15, 0.2) is 23.2 Å². The summed E-state index contributed by atoms with van der Waals surface area (Å²) in [5.74, 6) is 0.570. The lowest BCUT2D eigenvalue weighted by atomic mass is 10.1. The van der Waals surface area contributed by atoms with Crippen molar-refractivity contribution >= 4 is 11.6 Å². The van der Waals surface area contributed by atoms with Crippen molar-refractivity contribution < 1.29 is 9.50 Å². The van der Waals surface area contributed by atoms with Crippen molar-refractivity contribution in [2.75, 3.05) is 31.1 Å². The topological polar surface area (TPSA) is 59.9 Å². The minimum absolute atomic E-state index is 0.211. The zero-order chi connectivity index (χ0) is 19.5. The zero-order valence-electron chi connectivity index (χ0n) is 16.8. The lowest BCUT2D eigenvalue weighted by molar-refractivity contribution is 0.145. The van der Waals surface area contributed by atoms with E-state index in [1.54, 1.807) is 6.07 Å². The predicted octanol–water partition coefficient (Wildman–Crippen LogP) is 3.42. The van der Waals surface area contributed by atoms with Crippen LogP contribution in [0.5, 0.6) is 0 Å². The van der Waals surface area contributed by atoms with E-state index in [0.29, 0.717) is 38.2 Å². The Morgan fingerprint density at radius 1 is 1.19 bits per heavy atom. The third-order valence-electron chi connectivity index (χ3n) is 4.90. The van der Waals surface area contributed by atoms with Crippen molar-refractivity contribution in [2.24, 2.45) is 4.99 Å². The minimum atomic E-state index is -0.253. The van der Waals surface area contributed by atoms with Crippen LogP contribution in [0.1, 0.15) is 57.9 Å². The molecule has 27 heavy (non-hydrogen) atoms. The van der Waals surface area contributed by atoms with Crippen molar-refractivity contribution in [3.8, 4) is 0 Å². The van der Waals surface area contributed by atoms with Crippen molar-refractivity contribution in [3.63, 3.8) is 0 Å². The molecule has 1 aliphatic heterocycles. The molecule has 2 rings (SSSR count). The average molecular weight is 379 g/mol. The van der Waals surface area contributed by atoms with E-state index in [9.17, 15) is 9.50 Å². The van der Waals surface area contributed by atoms with Crippen molar-refractivity contribution in [3.05, 3.63) is 29.6 Å². The van der Waals surface area contributed by atoms with Gasteiger partial charge in [-0.15, -0.1) is 0 Å². The molecular weight excluding hydrogens is 343 g/mol. The molecule has 3 N–H and O–H groups in total. The highest BCUT2D eigenvalue weighted by atomic mass is 19.1. The summed E-state index contributed by atoms with van der Waals surface area (Å²) in [6.45, 7) is 7.79. The summed E-state index contributed by atoms with van der Waals surface area (Å²) >= 11 is 0. The van der Waals surface area contributed by atoms with Crippen molar-refractivity contribution in [2.45, 2.75) is 65.0 Å². The van der Waals surface area contributed by atoms with Gasteiger partial charge in [-0.1, -0.05) is 32.3 Å². The molecule has 0 spiro atoms. The SMILES string of the molecule is CCCCCCNC(=NCc1ccc(N2CCC(O)CC2)c(F)c1)NCC. The Morgan fingerprint density at radius 3 is 2.63 bits per heavy atom. The minimum Gasteiger partial charge on any atom is -0.393 e. The number of piperidine rings is 1. The monoisotopic (exact) mass is 378 g/mol. The number of hydrogen-bond donors (Lipinski definition) is 3. The third kappa shape index (κ3) is 7.37. The molecule has 0 bridgehead atoms. The molecule has 0 radical (unpaired) electrons. The van der Waals surface area contributed by atoms with E-state index < -0.39 is 0 Å². The summed E-state index contributed by atoms with van der Waals surface area (Å²) in [7, 11) is 0. The van der Waals surface area contributed by atoms with Gasteiger partial charge in [-0.2, -0.15) is 0 Å². The maximum atomic E-state index is 14.5. The van der Waals surface area contributed by atoms with Crippen LogP contribution in [0.2, 0.25) is 0 Å². The first-order valence-electron chi connectivity index (χ1n) is 10.4. The van der Waals surface area contributed by atoms with Gasteiger partial charge in [0, 0.05) is 26.2 Å². The summed E-state index contributed by atoms with van der Waals surface area (Å²) in [6.07, 6.45) is 5.99. The highest BCUT2D eigenvalue weighted by Crippen LogP contribution is 2.24. The average Bonchev–Trinajstić information content (AvgIpc) is 2.67. The number of aliphatic hydroxyl groups is 1. The number of benzene rings is 1. The Hall–Kier alpha value is -1.82. The lowest BCUT2D eigenvalue weighted by Crippen LogP contribution is -2.37. The Balaban J connectivity index is 1.90. The molecule has 1 aromatic carbocycles. The van der Waals surface area contributed by atoms with Crippen LogP contribution in [0.25, 0.3) is 0 Å². The summed E-state index contributed by atoms with van der Waals surface area (Å²) in [6, 6.07) is 5.36. The van der Waals surface area contributed by atoms with E-state index in [1.807, 2.05) is 24.0 Å². The maximum absolute atomic E-state index is 14.5. The van der Waals surface area contributed by atoms with Gasteiger partial charge in [-0.3, -0.25) is 0 Å². The number of rotatable bonds is 9. The molecule has 5 nitrogen and oxygen atoms in total. The van der Waals surface area contributed by atoms with E-state index >= 15 is 0 Å². The van der Waals surface area contributed by atoms with Crippen molar-refractivity contribution in [1.82, 2.24) is 10.6 Å². The Bertz CT molecular complexity index is 586. The number of nitrogens with zero attached hydrogens (tertiary/aromatic N) is 2. The van der Waals surface area contributed by atoms with E-state index in [2.05, 4.69) is 22.5 Å². The van der Waals surface area contributed by atoms with E-state index in [1.165, 1.54) is 19.3 Å². The molecule has 0 aliphatic carbocycles. The van der Waals surface area contributed by atoms with Crippen LogP contribution >= 0.6 is 0 Å². The van der Waals surface area contributed by atoms with Gasteiger partial charge in [0.15, 0.2) is 5.96 Å². The molecule has 1 aliphatic rings. The Kier molecular flexibility index (Phi) is 9.39. The van der Waals surface area contributed by atoms with Crippen LogP contribution in [0.3, 0.4) is 0 Å². The normalized spacial score (nSPS) is 15.9. The van der Waals surface area contributed by atoms with Crippen LogP contribution < -0.4 is 15.5 Å². The van der Waals surface area contributed by atoms with Crippen LogP contribution in [0.4, 0.5) is 10.1 Å². The largest absolute Gasteiger partial charge is 0.393 e.